The van der Waals surface area contributed by atoms with E-state index in [1.807, 2.05) is 0 Å². The molecule has 0 saturated carbocycles. The molecule has 0 aromatic carbocycles. The van der Waals surface area contributed by atoms with Crippen LogP contribution in [0.3, 0.4) is 0 Å². The monoisotopic (exact) mass is 397 g/mol. The molecule has 10 heteroatoms. The standard InChI is InChI=1S/C18H21F2N3O5/c1-9-5-13(21-10-6-11(15(24)25)22-14(9)10)27-12-7-23(8-18(12,19)20)16(26)28-17(2,3)4/h5-6,12,22H,7-8H2,1-4H3,(H,24,25)/t12-/m0/s1. The summed E-state index contributed by atoms with van der Waals surface area (Å²) < 4.78 is 39.3. The number of carboxylic acids is 1. The Hall–Kier alpha value is -2.91. The number of aromatic nitrogens is 2. The second-order valence-electron chi connectivity index (χ2n) is 7.75. The first-order valence-electron chi connectivity index (χ1n) is 8.62. The molecule has 1 atom stereocenters. The molecule has 1 fully saturated rings. The Morgan fingerprint density at radius 1 is 1.36 bits per heavy atom. The zero-order chi connectivity index (χ0) is 20.9. The topological polar surface area (TPSA) is 105 Å². The second kappa shape index (κ2) is 6.61. The minimum absolute atomic E-state index is 0.0648. The van der Waals surface area contributed by atoms with Gasteiger partial charge in [0.25, 0.3) is 0 Å². The Bertz CT molecular complexity index is 935. The summed E-state index contributed by atoms with van der Waals surface area (Å²) in [5.74, 6) is -4.52. The van der Waals surface area contributed by atoms with Crippen molar-refractivity contribution in [2.75, 3.05) is 13.1 Å². The molecule has 2 aromatic heterocycles. The van der Waals surface area contributed by atoms with Crippen LogP contribution in [0.5, 0.6) is 5.88 Å². The molecule has 0 unspecified atom stereocenters. The molecule has 0 aliphatic carbocycles. The number of fused-ring (bicyclic) bond motifs is 1. The minimum Gasteiger partial charge on any atom is -0.477 e. The van der Waals surface area contributed by atoms with Crippen molar-refractivity contribution in [3.63, 3.8) is 0 Å². The zero-order valence-electron chi connectivity index (χ0n) is 15.9. The van der Waals surface area contributed by atoms with Crippen LogP contribution in [0.25, 0.3) is 11.0 Å². The maximum absolute atomic E-state index is 14.4. The number of nitrogens with zero attached hydrogens (tertiary/aromatic N) is 2. The van der Waals surface area contributed by atoms with Gasteiger partial charge in [0.1, 0.15) is 11.3 Å². The van der Waals surface area contributed by atoms with Crippen molar-refractivity contribution in [3.8, 4) is 5.88 Å². The SMILES string of the molecule is Cc1cc(O[C@H]2CN(C(=O)OC(C)(C)C)CC2(F)F)nc2cc(C(=O)O)[nH]c12. The highest BCUT2D eigenvalue weighted by molar-refractivity contribution is 5.93. The Morgan fingerprint density at radius 3 is 2.64 bits per heavy atom. The normalized spacial score (nSPS) is 19.1. The summed E-state index contributed by atoms with van der Waals surface area (Å²) in [6.07, 6.45) is -2.43. The number of ether oxygens (including phenoxy) is 2. The maximum atomic E-state index is 14.4. The zero-order valence-corrected chi connectivity index (χ0v) is 15.9. The lowest BCUT2D eigenvalue weighted by atomic mass is 10.2. The van der Waals surface area contributed by atoms with Gasteiger partial charge in [-0.1, -0.05) is 0 Å². The van der Waals surface area contributed by atoms with Crippen LogP contribution in [0.2, 0.25) is 0 Å². The first-order chi connectivity index (χ1) is 12.9. The predicted octanol–water partition coefficient (Wildman–Crippen LogP) is 3.20. The number of aryl methyl sites for hydroxylation is 1. The molecule has 1 aliphatic heterocycles. The van der Waals surface area contributed by atoms with E-state index in [0.717, 1.165) is 4.90 Å². The van der Waals surface area contributed by atoms with Gasteiger partial charge in [-0.2, -0.15) is 0 Å². The number of alkyl halides is 2. The van der Waals surface area contributed by atoms with Gasteiger partial charge in [0.15, 0.2) is 6.10 Å². The molecule has 0 spiro atoms. The lowest BCUT2D eigenvalue weighted by Crippen LogP contribution is -2.36. The number of amides is 1. The number of carboxylic acid groups (broad SMARTS) is 1. The van der Waals surface area contributed by atoms with E-state index in [9.17, 15) is 18.4 Å². The first kappa shape index (κ1) is 19.8. The van der Waals surface area contributed by atoms with Crippen molar-refractivity contribution in [2.45, 2.75) is 45.3 Å². The van der Waals surface area contributed by atoms with Crippen molar-refractivity contribution in [1.29, 1.82) is 0 Å². The van der Waals surface area contributed by atoms with E-state index >= 15 is 0 Å². The molecule has 0 bridgehead atoms. The highest BCUT2D eigenvalue weighted by Gasteiger charge is 2.52. The summed E-state index contributed by atoms with van der Waals surface area (Å²) in [5, 5.41) is 9.07. The van der Waals surface area contributed by atoms with E-state index in [4.69, 9.17) is 14.6 Å². The van der Waals surface area contributed by atoms with Crippen molar-refractivity contribution in [2.24, 2.45) is 0 Å². The van der Waals surface area contributed by atoms with E-state index in [1.165, 1.54) is 12.1 Å². The Labute approximate surface area is 159 Å². The smallest absolute Gasteiger partial charge is 0.410 e. The van der Waals surface area contributed by atoms with Gasteiger partial charge in [-0.25, -0.2) is 23.4 Å². The summed E-state index contributed by atoms with van der Waals surface area (Å²) in [6, 6.07) is 2.74. The molecule has 1 amide bonds. The quantitative estimate of drug-likeness (QED) is 0.824. The fourth-order valence-electron chi connectivity index (χ4n) is 2.91. The number of carbonyl (C=O) groups is 2. The Balaban J connectivity index is 1.80. The maximum Gasteiger partial charge on any atom is 0.410 e. The van der Waals surface area contributed by atoms with Crippen LogP contribution < -0.4 is 4.74 Å². The minimum atomic E-state index is -3.29. The van der Waals surface area contributed by atoms with E-state index in [1.54, 1.807) is 27.7 Å². The first-order valence-corrected chi connectivity index (χ1v) is 8.62. The molecule has 8 nitrogen and oxygen atoms in total. The van der Waals surface area contributed by atoms with Crippen molar-refractivity contribution < 1.29 is 33.0 Å². The molecule has 2 aromatic rings. The number of aromatic carboxylic acids is 1. The van der Waals surface area contributed by atoms with Crippen LogP contribution in [0.15, 0.2) is 12.1 Å². The molecule has 1 aliphatic rings. The van der Waals surface area contributed by atoms with Gasteiger partial charge in [0, 0.05) is 6.07 Å². The van der Waals surface area contributed by atoms with E-state index < -0.39 is 36.2 Å². The van der Waals surface area contributed by atoms with Crippen LogP contribution in [0, 0.1) is 6.92 Å². The highest BCUT2D eigenvalue weighted by Crippen LogP contribution is 2.32. The predicted molar refractivity (Wildman–Crippen MR) is 95.0 cm³/mol. The number of hydrogen-bond acceptors (Lipinski definition) is 5. The molecule has 2 N–H and O–H groups in total. The van der Waals surface area contributed by atoms with Gasteiger partial charge >= 0.3 is 18.0 Å². The lowest BCUT2D eigenvalue weighted by molar-refractivity contribution is -0.0636. The Kier molecular flexibility index (Phi) is 4.68. The number of aromatic amines is 1. The lowest BCUT2D eigenvalue weighted by Gasteiger charge is -2.24. The summed E-state index contributed by atoms with van der Waals surface area (Å²) >= 11 is 0. The van der Waals surface area contributed by atoms with E-state index in [2.05, 4.69) is 9.97 Å². The third kappa shape index (κ3) is 4.00. The van der Waals surface area contributed by atoms with Crippen molar-refractivity contribution >= 4 is 23.1 Å². The number of carbonyl (C=O) groups excluding carboxylic acids is 1. The van der Waals surface area contributed by atoms with Crippen LogP contribution in [0.1, 0.15) is 36.8 Å². The number of nitrogens with one attached hydrogen (secondary N) is 1. The van der Waals surface area contributed by atoms with Crippen LogP contribution >= 0.6 is 0 Å². The third-order valence-corrected chi connectivity index (χ3v) is 4.17. The van der Waals surface area contributed by atoms with Gasteiger partial charge in [-0.15, -0.1) is 0 Å². The molecule has 152 valence electrons. The molecular weight excluding hydrogens is 376 g/mol. The molecular formula is C18H21F2N3O5. The fourth-order valence-corrected chi connectivity index (χ4v) is 2.91. The number of halogens is 2. The van der Waals surface area contributed by atoms with Crippen LogP contribution in [-0.4, -0.2) is 62.8 Å². The number of pyridine rings is 1. The van der Waals surface area contributed by atoms with E-state index in [0.29, 0.717) is 11.1 Å². The number of likely N-dealkylation sites (tertiary alicyclic amines) is 1. The van der Waals surface area contributed by atoms with Gasteiger partial charge in [-0.05, 0) is 39.3 Å². The molecule has 3 rings (SSSR count). The van der Waals surface area contributed by atoms with Gasteiger partial charge in [0.05, 0.1) is 24.1 Å². The average molecular weight is 397 g/mol. The molecule has 28 heavy (non-hydrogen) atoms. The highest BCUT2D eigenvalue weighted by atomic mass is 19.3. The van der Waals surface area contributed by atoms with Gasteiger partial charge < -0.3 is 19.6 Å². The summed E-state index contributed by atoms with van der Waals surface area (Å²) in [4.78, 5) is 30.9. The summed E-state index contributed by atoms with van der Waals surface area (Å²) in [7, 11) is 0. The summed E-state index contributed by atoms with van der Waals surface area (Å²) in [6.45, 7) is 5.46. The van der Waals surface area contributed by atoms with E-state index in [-0.39, 0.29) is 23.6 Å². The van der Waals surface area contributed by atoms with Crippen molar-refractivity contribution in [1.82, 2.24) is 14.9 Å². The number of H-pyrrole nitrogens is 1. The molecule has 3 heterocycles. The van der Waals surface area contributed by atoms with Crippen molar-refractivity contribution in [3.05, 3.63) is 23.4 Å². The second-order valence-corrected chi connectivity index (χ2v) is 7.75. The molecule has 0 radical (unpaired) electrons. The third-order valence-electron chi connectivity index (χ3n) is 4.17. The number of hydrogen-bond donors (Lipinski definition) is 2. The van der Waals surface area contributed by atoms with Gasteiger partial charge in [-0.3, -0.25) is 4.90 Å². The van der Waals surface area contributed by atoms with Crippen LogP contribution in [0.4, 0.5) is 13.6 Å². The average Bonchev–Trinajstić information content (AvgIpc) is 3.08. The molecule has 1 saturated heterocycles. The fraction of sp³-hybridized carbons (Fsp3) is 0.500. The van der Waals surface area contributed by atoms with Gasteiger partial charge in [0.2, 0.25) is 5.88 Å². The largest absolute Gasteiger partial charge is 0.477 e. The summed E-state index contributed by atoms with van der Waals surface area (Å²) in [5.41, 5.74) is 0.504. The van der Waals surface area contributed by atoms with Crippen LogP contribution in [-0.2, 0) is 4.74 Å². The Morgan fingerprint density at radius 2 is 2.04 bits per heavy atom. The number of rotatable bonds is 3.